The quantitative estimate of drug-likeness (QED) is 0.837. The average molecular weight is 339 g/mol. The number of carbonyl (C=O) groups excluding carboxylic acids is 1. The van der Waals surface area contributed by atoms with Gasteiger partial charge in [-0.05, 0) is 38.7 Å². The standard InChI is InChI=1S/C20H25N3O2/c1-14-7-5-10-16(13-14)18-21-19(25-22-18)17-11-6-12-23(17)20(24)15-8-3-2-4-9-15/h5,7,10,13,15,17H,2-4,6,8-9,11-12H2,1H3. The SMILES string of the molecule is Cc1cccc(-c2noc(C3CCCN3C(=O)C3CCCCC3)n2)c1. The lowest BCUT2D eigenvalue weighted by atomic mass is 9.88. The topological polar surface area (TPSA) is 59.2 Å². The number of hydrogen-bond acceptors (Lipinski definition) is 4. The van der Waals surface area contributed by atoms with Gasteiger partial charge in [0, 0.05) is 18.0 Å². The molecule has 1 atom stereocenters. The molecule has 1 unspecified atom stereocenters. The van der Waals surface area contributed by atoms with Crippen molar-refractivity contribution < 1.29 is 9.32 Å². The number of nitrogens with zero attached hydrogens (tertiary/aromatic N) is 3. The van der Waals surface area contributed by atoms with Crippen molar-refractivity contribution >= 4 is 5.91 Å². The van der Waals surface area contributed by atoms with Crippen LogP contribution in [0.5, 0.6) is 0 Å². The Hall–Kier alpha value is -2.17. The van der Waals surface area contributed by atoms with Crippen molar-refractivity contribution in [2.75, 3.05) is 6.54 Å². The minimum absolute atomic E-state index is 0.0551. The fourth-order valence-corrected chi connectivity index (χ4v) is 4.14. The summed E-state index contributed by atoms with van der Waals surface area (Å²) in [6, 6.07) is 8.02. The van der Waals surface area contributed by atoms with Gasteiger partial charge in [-0.25, -0.2) is 0 Å². The summed E-state index contributed by atoms with van der Waals surface area (Å²) in [5, 5.41) is 4.15. The molecule has 1 aromatic carbocycles. The molecule has 2 fully saturated rings. The Bertz CT molecular complexity index is 749. The number of likely N-dealkylation sites (tertiary alicyclic amines) is 1. The molecule has 0 N–H and O–H groups in total. The molecule has 1 aliphatic heterocycles. The zero-order chi connectivity index (χ0) is 17.2. The Kier molecular flexibility index (Phi) is 4.55. The summed E-state index contributed by atoms with van der Waals surface area (Å²) in [5.41, 5.74) is 2.12. The molecule has 1 aliphatic carbocycles. The van der Waals surface area contributed by atoms with Gasteiger partial charge in [-0.1, -0.05) is 48.2 Å². The summed E-state index contributed by atoms with van der Waals surface area (Å²) in [5.74, 6) is 1.67. The summed E-state index contributed by atoms with van der Waals surface area (Å²) in [4.78, 5) is 19.5. The lowest BCUT2D eigenvalue weighted by Gasteiger charge is -2.29. The number of amides is 1. The lowest BCUT2D eigenvalue weighted by Crippen LogP contribution is -2.36. The first-order valence-corrected chi connectivity index (χ1v) is 9.43. The molecule has 0 radical (unpaired) electrons. The first kappa shape index (κ1) is 16.3. The molecule has 4 rings (SSSR count). The zero-order valence-electron chi connectivity index (χ0n) is 14.8. The molecular formula is C20H25N3O2. The number of aromatic nitrogens is 2. The van der Waals surface area contributed by atoms with Crippen LogP contribution in [0.25, 0.3) is 11.4 Å². The number of hydrogen-bond donors (Lipinski definition) is 0. The summed E-state index contributed by atoms with van der Waals surface area (Å²) >= 11 is 0. The molecule has 0 spiro atoms. The van der Waals surface area contributed by atoms with E-state index in [0.29, 0.717) is 11.7 Å². The van der Waals surface area contributed by atoms with Gasteiger partial charge in [0.15, 0.2) is 0 Å². The van der Waals surface area contributed by atoms with Crippen molar-refractivity contribution in [1.82, 2.24) is 15.0 Å². The van der Waals surface area contributed by atoms with Gasteiger partial charge in [-0.2, -0.15) is 4.98 Å². The van der Waals surface area contributed by atoms with Crippen molar-refractivity contribution in [2.45, 2.75) is 57.9 Å². The van der Waals surface area contributed by atoms with Crippen LogP contribution >= 0.6 is 0 Å². The lowest BCUT2D eigenvalue weighted by molar-refractivity contribution is -0.138. The van der Waals surface area contributed by atoms with Gasteiger partial charge >= 0.3 is 0 Å². The van der Waals surface area contributed by atoms with Crippen LogP contribution in [0.15, 0.2) is 28.8 Å². The van der Waals surface area contributed by atoms with Crippen LogP contribution in [-0.4, -0.2) is 27.5 Å². The molecule has 1 saturated carbocycles. The van der Waals surface area contributed by atoms with E-state index in [1.54, 1.807) is 0 Å². The van der Waals surface area contributed by atoms with Gasteiger partial charge < -0.3 is 9.42 Å². The van der Waals surface area contributed by atoms with Crippen molar-refractivity contribution in [3.8, 4) is 11.4 Å². The molecule has 1 saturated heterocycles. The van der Waals surface area contributed by atoms with E-state index in [2.05, 4.69) is 10.1 Å². The summed E-state index contributed by atoms with van der Waals surface area (Å²) in [7, 11) is 0. The van der Waals surface area contributed by atoms with Crippen LogP contribution in [0.4, 0.5) is 0 Å². The smallest absolute Gasteiger partial charge is 0.249 e. The maximum absolute atomic E-state index is 12.9. The van der Waals surface area contributed by atoms with Gasteiger partial charge in [0.25, 0.3) is 0 Å². The molecule has 5 nitrogen and oxygen atoms in total. The van der Waals surface area contributed by atoms with Crippen molar-refractivity contribution in [3.63, 3.8) is 0 Å². The Morgan fingerprint density at radius 2 is 2.00 bits per heavy atom. The van der Waals surface area contributed by atoms with E-state index in [-0.39, 0.29) is 17.9 Å². The largest absolute Gasteiger partial charge is 0.337 e. The Balaban J connectivity index is 1.53. The second kappa shape index (κ2) is 6.98. The van der Waals surface area contributed by atoms with Crippen molar-refractivity contribution in [2.24, 2.45) is 5.92 Å². The molecule has 1 aromatic heterocycles. The third-order valence-electron chi connectivity index (χ3n) is 5.49. The maximum Gasteiger partial charge on any atom is 0.249 e. The highest BCUT2D eigenvalue weighted by Crippen LogP contribution is 2.35. The highest BCUT2D eigenvalue weighted by Gasteiger charge is 2.37. The predicted octanol–water partition coefficient (Wildman–Crippen LogP) is 4.29. The minimum Gasteiger partial charge on any atom is -0.337 e. The summed E-state index contributed by atoms with van der Waals surface area (Å²) < 4.78 is 5.56. The predicted molar refractivity (Wildman–Crippen MR) is 94.7 cm³/mol. The third-order valence-corrected chi connectivity index (χ3v) is 5.49. The molecule has 25 heavy (non-hydrogen) atoms. The zero-order valence-corrected chi connectivity index (χ0v) is 14.8. The number of carbonyl (C=O) groups is 1. The van der Waals surface area contributed by atoms with Crippen LogP contribution in [0.1, 0.15) is 62.4 Å². The van der Waals surface area contributed by atoms with E-state index < -0.39 is 0 Å². The van der Waals surface area contributed by atoms with E-state index in [1.165, 1.54) is 24.8 Å². The van der Waals surface area contributed by atoms with E-state index in [4.69, 9.17) is 4.52 Å². The number of aryl methyl sites for hydroxylation is 1. The van der Waals surface area contributed by atoms with E-state index in [0.717, 1.165) is 37.8 Å². The first-order chi connectivity index (χ1) is 12.2. The van der Waals surface area contributed by atoms with Crippen molar-refractivity contribution in [3.05, 3.63) is 35.7 Å². The van der Waals surface area contributed by atoms with Crippen LogP contribution in [0, 0.1) is 12.8 Å². The van der Waals surface area contributed by atoms with Gasteiger partial charge in [0.1, 0.15) is 6.04 Å². The first-order valence-electron chi connectivity index (χ1n) is 9.43. The van der Waals surface area contributed by atoms with Crippen LogP contribution < -0.4 is 0 Å². The molecule has 2 aliphatic rings. The molecule has 2 heterocycles. The van der Waals surface area contributed by atoms with E-state index >= 15 is 0 Å². The molecular weight excluding hydrogens is 314 g/mol. The van der Waals surface area contributed by atoms with E-state index in [9.17, 15) is 4.79 Å². The van der Waals surface area contributed by atoms with Gasteiger partial charge in [-0.15, -0.1) is 0 Å². The highest BCUT2D eigenvalue weighted by atomic mass is 16.5. The molecule has 5 heteroatoms. The third kappa shape index (κ3) is 3.32. The van der Waals surface area contributed by atoms with Crippen LogP contribution in [0.3, 0.4) is 0 Å². The molecule has 1 amide bonds. The summed E-state index contributed by atoms with van der Waals surface area (Å²) in [6.45, 7) is 2.86. The average Bonchev–Trinajstić information content (AvgIpc) is 3.31. The van der Waals surface area contributed by atoms with Gasteiger partial charge in [0.05, 0.1) is 0 Å². The summed E-state index contributed by atoms with van der Waals surface area (Å²) in [6.07, 6.45) is 7.58. The fourth-order valence-electron chi connectivity index (χ4n) is 4.14. The highest BCUT2D eigenvalue weighted by molar-refractivity contribution is 5.79. The second-order valence-corrected chi connectivity index (χ2v) is 7.35. The molecule has 132 valence electrons. The van der Waals surface area contributed by atoms with Crippen LogP contribution in [0.2, 0.25) is 0 Å². The molecule has 2 aromatic rings. The maximum atomic E-state index is 12.9. The molecule has 0 bridgehead atoms. The number of benzene rings is 1. The van der Waals surface area contributed by atoms with Gasteiger partial charge in [-0.3, -0.25) is 4.79 Å². The Labute approximate surface area is 148 Å². The Morgan fingerprint density at radius 1 is 1.16 bits per heavy atom. The fraction of sp³-hybridized carbons (Fsp3) is 0.550. The second-order valence-electron chi connectivity index (χ2n) is 7.35. The normalized spacial score (nSPS) is 21.6. The minimum atomic E-state index is -0.0551. The van der Waals surface area contributed by atoms with E-state index in [1.807, 2.05) is 36.1 Å². The van der Waals surface area contributed by atoms with Crippen LogP contribution in [-0.2, 0) is 4.79 Å². The number of rotatable bonds is 3. The monoisotopic (exact) mass is 339 g/mol. The van der Waals surface area contributed by atoms with Crippen molar-refractivity contribution in [1.29, 1.82) is 0 Å². The Morgan fingerprint density at radius 3 is 2.80 bits per heavy atom. The van der Waals surface area contributed by atoms with Gasteiger partial charge in [0.2, 0.25) is 17.6 Å².